The average Bonchev–Trinajstić information content (AvgIpc) is 2.56. The molecule has 0 aromatic heterocycles. The number of fused-ring (bicyclic) bond motifs is 1. The normalized spacial score (nSPS) is 15.0. The third-order valence-electron chi connectivity index (χ3n) is 3.92. The number of methoxy groups -OCH3 is 1. The van der Waals surface area contributed by atoms with E-state index in [-0.39, 0.29) is 0 Å². The maximum atomic E-state index is 12.7. The van der Waals surface area contributed by atoms with Crippen molar-refractivity contribution < 1.29 is 8.95 Å². The number of anilines is 1. The van der Waals surface area contributed by atoms with Crippen molar-refractivity contribution in [1.29, 1.82) is 0 Å². The van der Waals surface area contributed by atoms with E-state index < -0.39 is 11.0 Å². The van der Waals surface area contributed by atoms with E-state index in [1.807, 2.05) is 24.3 Å². The number of benzene rings is 2. The predicted molar refractivity (Wildman–Crippen MR) is 91.1 cm³/mol. The standard InChI is InChI=1S/C17H18ClNO2S/c1-21-16-10-11-17(15-5-3-2-4-14(15)16)22(20)19-13-8-6-12(18)7-9-13/h6-11,19H,2-5H2,1H3. The third kappa shape index (κ3) is 3.13. The van der Waals surface area contributed by atoms with Crippen molar-refractivity contribution in [3.63, 3.8) is 0 Å². The molecule has 3 rings (SSSR count). The first-order chi connectivity index (χ1) is 10.7. The Morgan fingerprint density at radius 3 is 2.41 bits per heavy atom. The lowest BCUT2D eigenvalue weighted by molar-refractivity contribution is 0.405. The number of ether oxygens (including phenoxy) is 1. The minimum Gasteiger partial charge on any atom is -0.496 e. The van der Waals surface area contributed by atoms with Gasteiger partial charge in [-0.25, -0.2) is 4.21 Å². The molecule has 2 aromatic rings. The lowest BCUT2D eigenvalue weighted by atomic mass is 9.91. The highest BCUT2D eigenvalue weighted by molar-refractivity contribution is 7.86. The molecule has 1 aliphatic rings. The summed E-state index contributed by atoms with van der Waals surface area (Å²) in [5.74, 6) is 0.905. The van der Waals surface area contributed by atoms with Gasteiger partial charge in [-0.3, -0.25) is 0 Å². The molecule has 1 atom stereocenters. The molecule has 0 bridgehead atoms. The van der Waals surface area contributed by atoms with E-state index in [0.717, 1.165) is 42.0 Å². The molecule has 0 saturated carbocycles. The molecule has 1 unspecified atom stereocenters. The number of hydrogen-bond donors (Lipinski definition) is 1. The summed E-state index contributed by atoms with van der Waals surface area (Å²) in [4.78, 5) is 0.852. The summed E-state index contributed by atoms with van der Waals surface area (Å²) >= 11 is 5.88. The first-order valence-corrected chi connectivity index (χ1v) is 8.84. The molecule has 1 aliphatic carbocycles. The Kier molecular flexibility index (Phi) is 4.69. The Hall–Kier alpha value is -1.52. The first-order valence-electron chi connectivity index (χ1n) is 7.32. The fourth-order valence-corrected chi connectivity index (χ4v) is 4.07. The van der Waals surface area contributed by atoms with Gasteiger partial charge in [-0.1, -0.05) is 11.6 Å². The van der Waals surface area contributed by atoms with E-state index in [4.69, 9.17) is 16.3 Å². The molecule has 0 radical (unpaired) electrons. The molecule has 116 valence electrons. The molecule has 0 amide bonds. The Morgan fingerprint density at radius 1 is 1.05 bits per heavy atom. The summed E-state index contributed by atoms with van der Waals surface area (Å²) in [6.07, 6.45) is 4.23. The number of halogens is 1. The largest absolute Gasteiger partial charge is 0.496 e. The topological polar surface area (TPSA) is 38.3 Å². The zero-order valence-corrected chi connectivity index (χ0v) is 14.0. The molecule has 1 N–H and O–H groups in total. The van der Waals surface area contributed by atoms with E-state index in [1.165, 1.54) is 11.1 Å². The van der Waals surface area contributed by atoms with Gasteiger partial charge in [0.25, 0.3) is 0 Å². The van der Waals surface area contributed by atoms with Gasteiger partial charge < -0.3 is 9.46 Å². The highest BCUT2D eigenvalue weighted by Crippen LogP contribution is 2.33. The summed E-state index contributed by atoms with van der Waals surface area (Å²) in [5.41, 5.74) is 3.17. The van der Waals surface area contributed by atoms with Crippen LogP contribution in [0.15, 0.2) is 41.3 Å². The van der Waals surface area contributed by atoms with Crippen LogP contribution in [0.4, 0.5) is 5.69 Å². The number of nitrogens with one attached hydrogen (secondary N) is 1. The van der Waals surface area contributed by atoms with Crippen LogP contribution in [0, 0.1) is 0 Å². The van der Waals surface area contributed by atoms with Crippen molar-refractivity contribution in [2.24, 2.45) is 0 Å². The molecular weight excluding hydrogens is 318 g/mol. The van der Waals surface area contributed by atoms with Gasteiger partial charge in [0.05, 0.1) is 12.0 Å². The lowest BCUT2D eigenvalue weighted by Gasteiger charge is -2.21. The number of hydrogen-bond acceptors (Lipinski definition) is 2. The van der Waals surface area contributed by atoms with Crippen LogP contribution < -0.4 is 9.46 Å². The highest BCUT2D eigenvalue weighted by Gasteiger charge is 2.20. The second-order valence-electron chi connectivity index (χ2n) is 5.31. The zero-order chi connectivity index (χ0) is 15.5. The average molecular weight is 336 g/mol. The minimum absolute atomic E-state index is 0.665. The maximum absolute atomic E-state index is 12.7. The van der Waals surface area contributed by atoms with E-state index in [0.29, 0.717) is 5.02 Å². The third-order valence-corrected chi connectivity index (χ3v) is 5.38. The molecule has 0 spiro atoms. The predicted octanol–water partition coefficient (Wildman–Crippen LogP) is 4.36. The molecule has 0 fully saturated rings. The molecule has 3 nitrogen and oxygen atoms in total. The second kappa shape index (κ2) is 6.71. The summed E-state index contributed by atoms with van der Waals surface area (Å²) in [6, 6.07) is 11.0. The van der Waals surface area contributed by atoms with Crippen LogP contribution in [-0.2, 0) is 23.8 Å². The van der Waals surface area contributed by atoms with Gasteiger partial charge in [0.1, 0.15) is 5.75 Å². The van der Waals surface area contributed by atoms with E-state index >= 15 is 0 Å². The van der Waals surface area contributed by atoms with Crippen LogP contribution in [0.25, 0.3) is 0 Å². The van der Waals surface area contributed by atoms with Gasteiger partial charge in [0.2, 0.25) is 0 Å². The molecule has 0 heterocycles. The van der Waals surface area contributed by atoms with Crippen molar-refractivity contribution in [1.82, 2.24) is 0 Å². The smallest absolute Gasteiger partial charge is 0.150 e. The Bertz CT molecular complexity index is 701. The van der Waals surface area contributed by atoms with E-state index in [1.54, 1.807) is 19.2 Å². The Balaban J connectivity index is 1.90. The molecular formula is C17H18ClNO2S. The van der Waals surface area contributed by atoms with Gasteiger partial charge in [-0.2, -0.15) is 0 Å². The van der Waals surface area contributed by atoms with E-state index in [9.17, 15) is 4.21 Å². The summed E-state index contributed by atoms with van der Waals surface area (Å²) in [5, 5.41) is 0.665. The highest BCUT2D eigenvalue weighted by atomic mass is 35.5. The van der Waals surface area contributed by atoms with Crippen LogP contribution in [0.3, 0.4) is 0 Å². The molecule has 0 aliphatic heterocycles. The number of rotatable bonds is 4. The van der Waals surface area contributed by atoms with Crippen LogP contribution in [-0.4, -0.2) is 11.3 Å². The van der Waals surface area contributed by atoms with Crippen molar-refractivity contribution in [2.75, 3.05) is 11.8 Å². The van der Waals surface area contributed by atoms with Gasteiger partial charge in [0.15, 0.2) is 11.0 Å². The lowest BCUT2D eigenvalue weighted by Crippen LogP contribution is -2.13. The van der Waals surface area contributed by atoms with Crippen molar-refractivity contribution in [3.05, 3.63) is 52.5 Å². The van der Waals surface area contributed by atoms with Gasteiger partial charge in [-0.05, 0) is 73.2 Å². The molecule has 2 aromatic carbocycles. The first kappa shape index (κ1) is 15.4. The van der Waals surface area contributed by atoms with Crippen LogP contribution in [0.2, 0.25) is 5.02 Å². The monoisotopic (exact) mass is 335 g/mol. The summed E-state index contributed by atoms with van der Waals surface area (Å²) < 4.78 is 21.2. The summed E-state index contributed by atoms with van der Waals surface area (Å²) in [6.45, 7) is 0. The fourth-order valence-electron chi connectivity index (χ4n) is 2.85. The fraction of sp³-hybridized carbons (Fsp3) is 0.294. The quantitative estimate of drug-likeness (QED) is 0.901. The molecule has 0 saturated heterocycles. The second-order valence-corrected chi connectivity index (χ2v) is 6.93. The molecule has 5 heteroatoms. The minimum atomic E-state index is -1.29. The van der Waals surface area contributed by atoms with Crippen molar-refractivity contribution in [3.8, 4) is 5.75 Å². The maximum Gasteiger partial charge on any atom is 0.150 e. The Labute approximate surface area is 138 Å². The van der Waals surface area contributed by atoms with Crippen LogP contribution >= 0.6 is 11.6 Å². The van der Waals surface area contributed by atoms with Crippen LogP contribution in [0.1, 0.15) is 24.0 Å². The molecule has 22 heavy (non-hydrogen) atoms. The summed E-state index contributed by atoms with van der Waals surface area (Å²) in [7, 11) is 0.398. The van der Waals surface area contributed by atoms with Gasteiger partial charge in [0, 0.05) is 10.7 Å². The SMILES string of the molecule is COc1ccc(S(=O)Nc2ccc(Cl)cc2)c2c1CCCC2. The van der Waals surface area contributed by atoms with E-state index in [2.05, 4.69) is 4.72 Å². The zero-order valence-electron chi connectivity index (χ0n) is 12.4. The van der Waals surface area contributed by atoms with Gasteiger partial charge in [-0.15, -0.1) is 0 Å². The Morgan fingerprint density at radius 2 is 1.73 bits per heavy atom. The van der Waals surface area contributed by atoms with Crippen molar-refractivity contribution in [2.45, 2.75) is 30.6 Å². The van der Waals surface area contributed by atoms with Crippen molar-refractivity contribution >= 4 is 28.3 Å². The van der Waals surface area contributed by atoms with Crippen LogP contribution in [0.5, 0.6) is 5.75 Å². The van der Waals surface area contributed by atoms with Gasteiger partial charge >= 0.3 is 0 Å².